The van der Waals surface area contributed by atoms with Crippen molar-refractivity contribution in [3.8, 4) is 0 Å². The van der Waals surface area contributed by atoms with Crippen LogP contribution in [0.5, 0.6) is 0 Å². The van der Waals surface area contributed by atoms with E-state index < -0.39 is 12.0 Å². The van der Waals surface area contributed by atoms with Crippen LogP contribution in [0.25, 0.3) is 0 Å². The lowest BCUT2D eigenvalue weighted by atomic mass is 10.0. The van der Waals surface area contributed by atoms with Gasteiger partial charge >= 0.3 is 6.18 Å². The first-order chi connectivity index (χ1) is 9.27. The van der Waals surface area contributed by atoms with Gasteiger partial charge in [0.25, 0.3) is 0 Å². The van der Waals surface area contributed by atoms with Crippen molar-refractivity contribution in [3.05, 3.63) is 11.9 Å². The van der Waals surface area contributed by atoms with Gasteiger partial charge in [0.2, 0.25) is 5.82 Å². The lowest BCUT2D eigenvalue weighted by Gasteiger charge is -2.22. The van der Waals surface area contributed by atoms with Gasteiger partial charge in [-0.05, 0) is 19.3 Å². The first kappa shape index (κ1) is 16.5. The summed E-state index contributed by atoms with van der Waals surface area (Å²) < 4.78 is 38.4. The molecule has 7 heteroatoms. The highest BCUT2D eigenvalue weighted by molar-refractivity contribution is 5.48. The third kappa shape index (κ3) is 4.54. The van der Waals surface area contributed by atoms with E-state index in [1.54, 1.807) is 6.92 Å². The number of anilines is 2. The van der Waals surface area contributed by atoms with E-state index in [2.05, 4.69) is 20.6 Å². The zero-order chi connectivity index (χ0) is 15.3. The minimum atomic E-state index is -4.55. The molecule has 114 valence electrons. The minimum Gasteiger partial charge on any atom is -0.370 e. The molecule has 1 atom stereocenters. The smallest absolute Gasteiger partial charge is 0.370 e. The van der Waals surface area contributed by atoms with Crippen LogP contribution in [0.3, 0.4) is 0 Å². The van der Waals surface area contributed by atoms with Gasteiger partial charge < -0.3 is 10.6 Å². The van der Waals surface area contributed by atoms with Gasteiger partial charge in [0.1, 0.15) is 11.6 Å². The van der Waals surface area contributed by atoms with Gasteiger partial charge in [-0.2, -0.15) is 13.2 Å². The SMILES string of the molecule is CCNc1cc(NC(CC)C(C)C)nc(C(F)(F)F)n1. The van der Waals surface area contributed by atoms with E-state index in [-0.39, 0.29) is 17.7 Å². The van der Waals surface area contributed by atoms with Gasteiger partial charge in [-0.3, -0.25) is 0 Å². The maximum atomic E-state index is 12.8. The number of halogens is 3. The predicted octanol–water partition coefficient (Wildman–Crippen LogP) is 3.77. The second-order valence-corrected chi connectivity index (χ2v) is 4.89. The fourth-order valence-electron chi connectivity index (χ4n) is 1.85. The molecule has 2 N–H and O–H groups in total. The molecule has 0 aromatic carbocycles. The van der Waals surface area contributed by atoms with Crippen LogP contribution in [-0.4, -0.2) is 22.6 Å². The Hall–Kier alpha value is -1.53. The van der Waals surface area contributed by atoms with Gasteiger partial charge in [-0.25, -0.2) is 9.97 Å². The molecule has 0 spiro atoms. The lowest BCUT2D eigenvalue weighted by molar-refractivity contribution is -0.144. The van der Waals surface area contributed by atoms with Crippen LogP contribution in [0.2, 0.25) is 0 Å². The molecule has 0 saturated carbocycles. The molecule has 1 aromatic heterocycles. The summed E-state index contributed by atoms with van der Waals surface area (Å²) in [5.41, 5.74) is 0. The van der Waals surface area contributed by atoms with Crippen LogP contribution in [0.15, 0.2) is 6.07 Å². The van der Waals surface area contributed by atoms with Crippen LogP contribution in [0.4, 0.5) is 24.8 Å². The van der Waals surface area contributed by atoms with E-state index in [1.165, 1.54) is 6.07 Å². The summed E-state index contributed by atoms with van der Waals surface area (Å²) >= 11 is 0. The summed E-state index contributed by atoms with van der Waals surface area (Å²) in [6, 6.07) is 1.57. The zero-order valence-corrected chi connectivity index (χ0v) is 12.2. The van der Waals surface area contributed by atoms with Gasteiger partial charge in [-0.1, -0.05) is 20.8 Å². The largest absolute Gasteiger partial charge is 0.451 e. The fourth-order valence-corrected chi connectivity index (χ4v) is 1.85. The van der Waals surface area contributed by atoms with Crippen molar-refractivity contribution in [2.45, 2.75) is 46.3 Å². The molecule has 0 aliphatic rings. The third-order valence-electron chi connectivity index (χ3n) is 2.92. The first-order valence-electron chi connectivity index (χ1n) is 6.74. The van der Waals surface area contributed by atoms with Crippen LogP contribution in [-0.2, 0) is 6.18 Å². The Bertz CT molecular complexity index is 432. The van der Waals surface area contributed by atoms with Crippen molar-refractivity contribution < 1.29 is 13.2 Å². The lowest BCUT2D eigenvalue weighted by Crippen LogP contribution is -2.26. The molecule has 20 heavy (non-hydrogen) atoms. The highest BCUT2D eigenvalue weighted by Gasteiger charge is 2.35. The molecule has 4 nitrogen and oxygen atoms in total. The molecule has 1 unspecified atom stereocenters. The summed E-state index contributed by atoms with van der Waals surface area (Å²) in [6.45, 7) is 8.30. The second-order valence-electron chi connectivity index (χ2n) is 4.89. The van der Waals surface area contributed by atoms with Crippen molar-refractivity contribution in [1.29, 1.82) is 0 Å². The Morgan fingerprint density at radius 1 is 1.15 bits per heavy atom. The van der Waals surface area contributed by atoms with Gasteiger partial charge in [-0.15, -0.1) is 0 Å². The summed E-state index contributed by atoms with van der Waals surface area (Å²) in [5, 5.41) is 5.84. The minimum absolute atomic E-state index is 0.0699. The molecule has 0 aliphatic carbocycles. The van der Waals surface area contributed by atoms with Crippen LogP contribution >= 0.6 is 0 Å². The predicted molar refractivity (Wildman–Crippen MR) is 73.7 cm³/mol. The van der Waals surface area contributed by atoms with E-state index in [4.69, 9.17) is 0 Å². The van der Waals surface area contributed by atoms with E-state index in [0.29, 0.717) is 12.5 Å². The first-order valence-corrected chi connectivity index (χ1v) is 6.74. The van der Waals surface area contributed by atoms with Crippen molar-refractivity contribution in [2.75, 3.05) is 17.2 Å². The van der Waals surface area contributed by atoms with Gasteiger partial charge in [0, 0.05) is 18.7 Å². The maximum Gasteiger partial charge on any atom is 0.451 e. The number of aromatic nitrogens is 2. The number of hydrogen-bond donors (Lipinski definition) is 2. The van der Waals surface area contributed by atoms with Gasteiger partial charge in [0.05, 0.1) is 0 Å². The molecule has 0 bridgehead atoms. The summed E-state index contributed by atoms with van der Waals surface area (Å²) in [5.74, 6) is -0.455. The normalized spacial score (nSPS) is 13.4. The molecule has 0 amide bonds. The van der Waals surface area contributed by atoms with Crippen molar-refractivity contribution in [3.63, 3.8) is 0 Å². The summed E-state index contributed by atoms with van der Waals surface area (Å²) in [7, 11) is 0. The average Bonchev–Trinajstić information content (AvgIpc) is 2.34. The third-order valence-corrected chi connectivity index (χ3v) is 2.92. The molecule has 1 rings (SSSR count). The standard InChI is InChI=1S/C13H21F3N4/c1-5-9(8(3)4)18-11-7-10(17-6-2)19-12(20-11)13(14,15)16/h7-9H,5-6H2,1-4H3,(H2,17,18,19,20). The van der Waals surface area contributed by atoms with Crippen molar-refractivity contribution >= 4 is 11.6 Å². The van der Waals surface area contributed by atoms with E-state index >= 15 is 0 Å². The van der Waals surface area contributed by atoms with E-state index in [9.17, 15) is 13.2 Å². The molecule has 0 radical (unpaired) electrons. The Balaban J connectivity index is 3.08. The number of nitrogens with one attached hydrogen (secondary N) is 2. The topological polar surface area (TPSA) is 49.8 Å². The number of hydrogen-bond acceptors (Lipinski definition) is 4. The Kier molecular flexibility index (Phi) is 5.59. The quantitative estimate of drug-likeness (QED) is 0.837. The molecule has 0 saturated heterocycles. The van der Waals surface area contributed by atoms with Crippen molar-refractivity contribution in [1.82, 2.24) is 9.97 Å². The van der Waals surface area contributed by atoms with Crippen LogP contribution < -0.4 is 10.6 Å². The van der Waals surface area contributed by atoms with Crippen LogP contribution in [0.1, 0.15) is 39.9 Å². The zero-order valence-electron chi connectivity index (χ0n) is 12.2. The van der Waals surface area contributed by atoms with Gasteiger partial charge in [0.15, 0.2) is 0 Å². The Labute approximate surface area is 117 Å². The molecule has 0 aliphatic heterocycles. The maximum absolute atomic E-state index is 12.8. The molecule has 1 aromatic rings. The van der Waals surface area contributed by atoms with E-state index in [1.807, 2.05) is 20.8 Å². The number of rotatable bonds is 6. The average molecular weight is 290 g/mol. The molecular formula is C13H21F3N4. The summed E-state index contributed by atoms with van der Waals surface area (Å²) in [6.07, 6.45) is -3.75. The molecule has 0 fully saturated rings. The summed E-state index contributed by atoms with van der Waals surface area (Å²) in [4.78, 5) is 7.06. The number of nitrogens with zero attached hydrogens (tertiary/aromatic N) is 2. The Morgan fingerprint density at radius 2 is 1.75 bits per heavy atom. The highest BCUT2D eigenvalue weighted by atomic mass is 19.4. The second kappa shape index (κ2) is 6.76. The monoisotopic (exact) mass is 290 g/mol. The van der Waals surface area contributed by atoms with Crippen LogP contribution in [0, 0.1) is 5.92 Å². The molecule has 1 heterocycles. The fraction of sp³-hybridized carbons (Fsp3) is 0.692. The number of alkyl halides is 3. The van der Waals surface area contributed by atoms with Crippen molar-refractivity contribution in [2.24, 2.45) is 5.92 Å². The highest BCUT2D eigenvalue weighted by Crippen LogP contribution is 2.28. The Morgan fingerprint density at radius 3 is 2.20 bits per heavy atom. The van der Waals surface area contributed by atoms with E-state index in [0.717, 1.165) is 6.42 Å². The molecular weight excluding hydrogens is 269 g/mol.